The summed E-state index contributed by atoms with van der Waals surface area (Å²) in [5.41, 5.74) is 10.7. The van der Waals surface area contributed by atoms with E-state index in [1.54, 1.807) is 0 Å². The average molecular weight is 613 g/mol. The SMILES string of the molecule is N[C@@H](CCC(=O)N[C@H](CSSC[C@@H](NC(=O)CC[C@H](N)C(=O)O)C(=O)NCC(=O)O)C(=O)NCC(=O)O)C(=O)O. The molecule has 0 heterocycles. The van der Waals surface area contributed by atoms with Gasteiger partial charge in [-0.25, -0.2) is 0 Å². The summed E-state index contributed by atoms with van der Waals surface area (Å²) in [6.07, 6.45) is -1.12. The van der Waals surface area contributed by atoms with Crippen LogP contribution in [0.1, 0.15) is 25.7 Å². The monoisotopic (exact) mass is 612 g/mol. The molecule has 40 heavy (non-hydrogen) atoms. The highest BCUT2D eigenvalue weighted by Gasteiger charge is 2.25. The van der Waals surface area contributed by atoms with E-state index in [9.17, 15) is 38.4 Å². The van der Waals surface area contributed by atoms with Gasteiger partial charge in [0.05, 0.1) is 0 Å². The Morgan fingerprint density at radius 1 is 0.600 bits per heavy atom. The van der Waals surface area contributed by atoms with E-state index in [0.717, 1.165) is 21.6 Å². The van der Waals surface area contributed by atoms with Crippen LogP contribution in [-0.2, 0) is 38.4 Å². The predicted molar refractivity (Wildman–Crippen MR) is 140 cm³/mol. The van der Waals surface area contributed by atoms with Gasteiger partial charge in [0.15, 0.2) is 0 Å². The second kappa shape index (κ2) is 19.4. The summed E-state index contributed by atoms with van der Waals surface area (Å²) in [5, 5.41) is 44.1. The summed E-state index contributed by atoms with van der Waals surface area (Å²) >= 11 is 0. The van der Waals surface area contributed by atoms with Crippen molar-refractivity contribution in [2.24, 2.45) is 11.5 Å². The Morgan fingerprint density at radius 2 is 0.925 bits per heavy atom. The van der Waals surface area contributed by atoms with Crippen LogP contribution in [0.5, 0.6) is 0 Å². The van der Waals surface area contributed by atoms with E-state index in [1.165, 1.54) is 0 Å². The van der Waals surface area contributed by atoms with E-state index < -0.39 is 84.8 Å². The molecule has 4 amide bonds. The van der Waals surface area contributed by atoms with Crippen LogP contribution in [0.4, 0.5) is 0 Å². The van der Waals surface area contributed by atoms with E-state index in [2.05, 4.69) is 21.3 Å². The minimum Gasteiger partial charge on any atom is -0.480 e. The Bertz CT molecular complexity index is 879. The lowest BCUT2D eigenvalue weighted by Gasteiger charge is -2.20. The highest BCUT2D eigenvalue weighted by molar-refractivity contribution is 8.76. The molecule has 0 saturated carbocycles. The molecule has 0 saturated heterocycles. The zero-order chi connectivity index (χ0) is 30.8. The van der Waals surface area contributed by atoms with Crippen LogP contribution < -0.4 is 32.7 Å². The average Bonchev–Trinajstić information content (AvgIpc) is 2.87. The molecule has 0 aliphatic carbocycles. The van der Waals surface area contributed by atoms with Gasteiger partial charge in [0.2, 0.25) is 23.6 Å². The van der Waals surface area contributed by atoms with Crippen molar-refractivity contribution in [3.8, 4) is 0 Å². The van der Waals surface area contributed by atoms with Crippen molar-refractivity contribution in [3.63, 3.8) is 0 Å². The molecule has 12 N–H and O–H groups in total. The molecule has 0 fully saturated rings. The van der Waals surface area contributed by atoms with Gasteiger partial charge in [-0.15, -0.1) is 0 Å². The third-order valence-electron chi connectivity index (χ3n) is 4.68. The number of carbonyl (C=O) groups is 8. The summed E-state index contributed by atoms with van der Waals surface area (Å²) in [7, 11) is 1.89. The molecule has 0 aliphatic rings. The first-order valence-electron chi connectivity index (χ1n) is 11.4. The molecule has 226 valence electrons. The fourth-order valence-electron chi connectivity index (χ4n) is 2.52. The minimum atomic E-state index is -1.34. The molecule has 0 rings (SSSR count). The van der Waals surface area contributed by atoms with Crippen LogP contribution in [-0.4, -0.2) is 117 Å². The van der Waals surface area contributed by atoms with Gasteiger partial charge in [0.1, 0.15) is 37.3 Å². The molecule has 18 nitrogen and oxygen atoms in total. The highest BCUT2D eigenvalue weighted by atomic mass is 33.1. The van der Waals surface area contributed by atoms with Crippen LogP contribution in [0, 0.1) is 0 Å². The molecule has 0 aliphatic heterocycles. The number of rotatable bonds is 21. The first kappa shape index (κ1) is 36.4. The van der Waals surface area contributed by atoms with Gasteiger partial charge in [0.25, 0.3) is 0 Å². The maximum Gasteiger partial charge on any atom is 0.322 e. The molecule has 0 aromatic carbocycles. The zero-order valence-corrected chi connectivity index (χ0v) is 22.6. The molecule has 0 unspecified atom stereocenters. The van der Waals surface area contributed by atoms with Gasteiger partial charge >= 0.3 is 23.9 Å². The van der Waals surface area contributed by atoms with Gasteiger partial charge < -0.3 is 53.2 Å². The lowest BCUT2D eigenvalue weighted by atomic mass is 10.1. The van der Waals surface area contributed by atoms with Crippen molar-refractivity contribution >= 4 is 69.1 Å². The molecule has 0 spiro atoms. The molecule has 4 atom stereocenters. The third kappa shape index (κ3) is 17.1. The number of hydrogen-bond acceptors (Lipinski definition) is 12. The topological polar surface area (TPSA) is 318 Å². The van der Waals surface area contributed by atoms with Crippen molar-refractivity contribution in [1.29, 1.82) is 0 Å². The number of hydrogen-bond donors (Lipinski definition) is 10. The second-order valence-electron chi connectivity index (χ2n) is 8.00. The van der Waals surface area contributed by atoms with Crippen molar-refractivity contribution in [3.05, 3.63) is 0 Å². The summed E-state index contributed by atoms with van der Waals surface area (Å²) in [5.74, 6) is -8.81. The largest absolute Gasteiger partial charge is 0.480 e. The molecular weight excluding hydrogens is 580 g/mol. The Hall–Kier alpha value is -3.62. The van der Waals surface area contributed by atoms with Crippen LogP contribution in [0.25, 0.3) is 0 Å². The first-order valence-corrected chi connectivity index (χ1v) is 13.9. The second-order valence-corrected chi connectivity index (χ2v) is 10.6. The fraction of sp³-hybridized carbons (Fsp3) is 0.600. The molecule has 0 radical (unpaired) electrons. The fourth-order valence-corrected chi connectivity index (χ4v) is 4.85. The smallest absolute Gasteiger partial charge is 0.322 e. The number of nitrogens with one attached hydrogen (secondary N) is 4. The molecular formula is C20H32N6O12S2. The summed E-state index contributed by atoms with van der Waals surface area (Å²) in [4.78, 5) is 92.3. The van der Waals surface area contributed by atoms with Crippen LogP contribution >= 0.6 is 21.6 Å². The number of amides is 4. The normalized spacial score (nSPS) is 13.6. The number of aliphatic carboxylic acids is 4. The van der Waals surface area contributed by atoms with Gasteiger partial charge in [-0.05, 0) is 12.8 Å². The Kier molecular flexibility index (Phi) is 17.7. The van der Waals surface area contributed by atoms with E-state index in [0.29, 0.717) is 0 Å². The van der Waals surface area contributed by atoms with Crippen molar-refractivity contribution in [1.82, 2.24) is 21.3 Å². The Morgan fingerprint density at radius 3 is 1.20 bits per heavy atom. The minimum absolute atomic E-state index is 0.155. The van der Waals surface area contributed by atoms with Gasteiger partial charge in [-0.1, -0.05) is 21.6 Å². The summed E-state index contributed by atoms with van der Waals surface area (Å²) < 4.78 is 0. The standard InChI is InChI=1S/C20H32N6O12S2/c21-9(19(35)36)1-3-13(27)25-11(17(33)23-5-15(29)30)7-39-40-8-12(18(34)24-6-16(31)32)26-14(28)4-2-10(22)20(37)38/h9-12H,1-8,21-22H2,(H,23,33)(H,24,34)(H,25,27)(H,26,28)(H,29,30)(H,31,32)(H,35,36)(H,37,38)/t9-,10-,11+,12+/m0/s1. The quantitative estimate of drug-likeness (QED) is 0.0437. The van der Waals surface area contributed by atoms with E-state index >= 15 is 0 Å². The molecule has 0 aromatic rings. The van der Waals surface area contributed by atoms with Crippen LogP contribution in [0.3, 0.4) is 0 Å². The van der Waals surface area contributed by atoms with Crippen LogP contribution in [0.15, 0.2) is 0 Å². The van der Waals surface area contributed by atoms with Crippen molar-refractivity contribution < 1.29 is 58.8 Å². The third-order valence-corrected chi connectivity index (χ3v) is 7.11. The van der Waals surface area contributed by atoms with E-state index in [4.69, 9.17) is 31.9 Å². The van der Waals surface area contributed by atoms with Crippen LogP contribution in [0.2, 0.25) is 0 Å². The van der Waals surface area contributed by atoms with Gasteiger partial charge in [-0.2, -0.15) is 0 Å². The summed E-state index contributed by atoms with van der Waals surface area (Å²) in [6.45, 7) is -1.48. The van der Waals surface area contributed by atoms with Gasteiger partial charge in [-0.3, -0.25) is 38.4 Å². The lowest BCUT2D eigenvalue weighted by molar-refractivity contribution is -0.140. The van der Waals surface area contributed by atoms with E-state index in [1.807, 2.05) is 0 Å². The number of carbonyl (C=O) groups excluding carboxylic acids is 4. The Balaban J connectivity index is 5.18. The summed E-state index contributed by atoms with van der Waals surface area (Å²) in [6, 6.07) is -5.16. The molecule has 0 bridgehead atoms. The molecule has 0 aromatic heterocycles. The number of carboxylic acid groups (broad SMARTS) is 4. The van der Waals surface area contributed by atoms with E-state index in [-0.39, 0.29) is 37.2 Å². The Labute approximate surface area is 235 Å². The van der Waals surface area contributed by atoms with Gasteiger partial charge in [0, 0.05) is 24.3 Å². The highest BCUT2D eigenvalue weighted by Crippen LogP contribution is 2.23. The number of nitrogens with two attached hydrogens (primary N) is 2. The first-order chi connectivity index (χ1) is 18.6. The lowest BCUT2D eigenvalue weighted by Crippen LogP contribution is -2.50. The van der Waals surface area contributed by atoms with Crippen molar-refractivity contribution in [2.45, 2.75) is 49.9 Å². The maximum atomic E-state index is 12.4. The number of carboxylic acids is 4. The predicted octanol–water partition coefficient (Wildman–Crippen LogP) is -3.88. The molecule has 20 heteroatoms. The zero-order valence-electron chi connectivity index (χ0n) is 21.0. The maximum absolute atomic E-state index is 12.4. The van der Waals surface area contributed by atoms with Crippen molar-refractivity contribution in [2.75, 3.05) is 24.6 Å².